The van der Waals surface area contributed by atoms with Gasteiger partial charge in [-0.3, -0.25) is 0 Å². The Morgan fingerprint density at radius 3 is 3.07 bits per heavy atom. The lowest BCUT2D eigenvalue weighted by Gasteiger charge is -2.23. The molecule has 1 saturated heterocycles. The predicted octanol–water partition coefficient (Wildman–Crippen LogP) is 1.09. The highest BCUT2D eigenvalue weighted by molar-refractivity contribution is 7.80. The Labute approximate surface area is 95.4 Å². The van der Waals surface area contributed by atoms with E-state index < -0.39 is 0 Å². The van der Waals surface area contributed by atoms with E-state index in [0.717, 1.165) is 36.8 Å². The zero-order valence-corrected chi connectivity index (χ0v) is 9.47. The number of nitrogen functional groups attached to an aromatic ring is 1. The van der Waals surface area contributed by atoms with Crippen molar-refractivity contribution in [1.82, 2.24) is 5.32 Å². The van der Waals surface area contributed by atoms with Crippen LogP contribution in [0.2, 0.25) is 0 Å². The van der Waals surface area contributed by atoms with Gasteiger partial charge in [-0.25, -0.2) is 0 Å². The zero-order chi connectivity index (χ0) is 10.7. The molecule has 1 aromatic carbocycles. The molecule has 1 fully saturated rings. The van der Waals surface area contributed by atoms with Crippen molar-refractivity contribution >= 4 is 18.3 Å². The lowest BCUT2D eigenvalue weighted by atomic mass is 10.1. The second-order valence-electron chi connectivity index (χ2n) is 3.82. The van der Waals surface area contributed by atoms with Crippen molar-refractivity contribution in [2.24, 2.45) is 0 Å². The molecule has 0 saturated carbocycles. The van der Waals surface area contributed by atoms with Crippen molar-refractivity contribution < 1.29 is 4.74 Å². The number of hydrogen-bond acceptors (Lipinski definition) is 4. The lowest BCUT2D eigenvalue weighted by Crippen LogP contribution is -2.42. The number of hydrogen-bond donors (Lipinski definition) is 3. The Morgan fingerprint density at radius 2 is 2.40 bits per heavy atom. The third kappa shape index (κ3) is 2.87. The molecule has 0 aliphatic carbocycles. The number of ether oxygens (including phenoxy) is 1. The summed E-state index contributed by atoms with van der Waals surface area (Å²) < 4.78 is 5.40. The van der Waals surface area contributed by atoms with Crippen molar-refractivity contribution in [3.8, 4) is 0 Å². The average molecular weight is 224 g/mol. The molecule has 0 aromatic heterocycles. The third-order valence-corrected chi connectivity index (χ3v) is 2.96. The second kappa shape index (κ2) is 4.88. The van der Waals surface area contributed by atoms with Crippen molar-refractivity contribution in [2.75, 3.05) is 25.5 Å². The molecule has 1 aliphatic heterocycles. The smallest absolute Gasteiger partial charge is 0.0623 e. The fraction of sp³-hybridized carbons (Fsp3) is 0.455. The molecule has 0 amide bonds. The minimum Gasteiger partial charge on any atom is -0.398 e. The van der Waals surface area contributed by atoms with E-state index in [1.165, 1.54) is 5.56 Å². The highest BCUT2D eigenvalue weighted by atomic mass is 32.1. The number of thiol groups is 1. The van der Waals surface area contributed by atoms with Gasteiger partial charge in [0.15, 0.2) is 0 Å². The van der Waals surface area contributed by atoms with E-state index in [4.69, 9.17) is 10.5 Å². The van der Waals surface area contributed by atoms with Crippen LogP contribution in [0.5, 0.6) is 0 Å². The van der Waals surface area contributed by atoms with Crippen molar-refractivity contribution in [3.63, 3.8) is 0 Å². The number of nitrogens with two attached hydrogens (primary N) is 1. The first-order valence-electron chi connectivity index (χ1n) is 5.14. The largest absolute Gasteiger partial charge is 0.398 e. The molecular weight excluding hydrogens is 208 g/mol. The molecule has 4 heteroatoms. The zero-order valence-electron chi connectivity index (χ0n) is 8.57. The molecule has 1 aliphatic rings. The predicted molar refractivity (Wildman–Crippen MR) is 64.4 cm³/mol. The SMILES string of the molecule is Nc1ccc(CC2COCCN2)cc1S. The van der Waals surface area contributed by atoms with Crippen LogP contribution < -0.4 is 11.1 Å². The summed E-state index contributed by atoms with van der Waals surface area (Å²) in [5.74, 6) is 0. The molecule has 3 N–H and O–H groups in total. The molecule has 82 valence electrons. The molecular formula is C11H16N2OS. The van der Waals surface area contributed by atoms with Crippen LogP contribution in [0.4, 0.5) is 5.69 Å². The second-order valence-corrected chi connectivity index (χ2v) is 4.31. The normalized spacial score (nSPS) is 21.5. The van der Waals surface area contributed by atoms with Crippen molar-refractivity contribution in [1.29, 1.82) is 0 Å². The molecule has 2 rings (SSSR count). The summed E-state index contributed by atoms with van der Waals surface area (Å²) in [6.45, 7) is 2.54. The van der Waals surface area contributed by atoms with Crippen LogP contribution in [0.1, 0.15) is 5.56 Å². The van der Waals surface area contributed by atoms with Crippen LogP contribution in [-0.2, 0) is 11.2 Å². The first kappa shape index (κ1) is 10.8. The number of nitrogens with one attached hydrogen (secondary N) is 1. The molecule has 1 unspecified atom stereocenters. The van der Waals surface area contributed by atoms with Gasteiger partial charge < -0.3 is 15.8 Å². The standard InChI is InChI=1S/C11H16N2OS/c12-10-2-1-8(6-11(10)15)5-9-7-14-4-3-13-9/h1-2,6,9,13,15H,3-5,7,12H2. The maximum Gasteiger partial charge on any atom is 0.0623 e. The summed E-state index contributed by atoms with van der Waals surface area (Å²) in [6, 6.07) is 6.39. The quantitative estimate of drug-likeness (QED) is 0.520. The Bertz CT molecular complexity index is 337. The minimum absolute atomic E-state index is 0.412. The number of rotatable bonds is 2. The summed E-state index contributed by atoms with van der Waals surface area (Å²) in [6.07, 6.45) is 0.966. The van der Waals surface area contributed by atoms with E-state index in [1.807, 2.05) is 18.2 Å². The molecule has 15 heavy (non-hydrogen) atoms. The first-order chi connectivity index (χ1) is 7.25. The van der Waals surface area contributed by atoms with Gasteiger partial charge in [-0.1, -0.05) is 6.07 Å². The topological polar surface area (TPSA) is 47.3 Å². The molecule has 0 spiro atoms. The monoisotopic (exact) mass is 224 g/mol. The average Bonchev–Trinajstić information content (AvgIpc) is 2.25. The van der Waals surface area contributed by atoms with E-state index in [9.17, 15) is 0 Å². The molecule has 3 nitrogen and oxygen atoms in total. The van der Waals surface area contributed by atoms with Gasteiger partial charge in [0.25, 0.3) is 0 Å². The van der Waals surface area contributed by atoms with E-state index >= 15 is 0 Å². The maximum atomic E-state index is 5.71. The van der Waals surface area contributed by atoms with Crippen LogP contribution >= 0.6 is 12.6 Å². The van der Waals surface area contributed by atoms with Crippen LogP contribution in [0.15, 0.2) is 23.1 Å². The molecule has 0 radical (unpaired) electrons. The van der Waals surface area contributed by atoms with E-state index in [-0.39, 0.29) is 0 Å². The highest BCUT2D eigenvalue weighted by Crippen LogP contribution is 2.18. The van der Waals surface area contributed by atoms with E-state index in [0.29, 0.717) is 6.04 Å². The molecule has 0 bridgehead atoms. The van der Waals surface area contributed by atoms with Crippen LogP contribution in [0.3, 0.4) is 0 Å². The van der Waals surface area contributed by atoms with Crippen molar-refractivity contribution in [3.05, 3.63) is 23.8 Å². The molecule has 1 atom stereocenters. The van der Waals surface area contributed by atoms with Gasteiger partial charge in [0, 0.05) is 23.2 Å². The van der Waals surface area contributed by atoms with Gasteiger partial charge in [0.1, 0.15) is 0 Å². The van der Waals surface area contributed by atoms with Crippen LogP contribution in [0.25, 0.3) is 0 Å². The van der Waals surface area contributed by atoms with Gasteiger partial charge >= 0.3 is 0 Å². The third-order valence-electron chi connectivity index (χ3n) is 2.58. The number of morpholine rings is 1. The van der Waals surface area contributed by atoms with Crippen LogP contribution in [-0.4, -0.2) is 25.8 Å². The fourth-order valence-electron chi connectivity index (χ4n) is 1.75. The Balaban J connectivity index is 2.00. The Kier molecular flexibility index (Phi) is 3.51. The molecule has 1 aromatic rings. The first-order valence-corrected chi connectivity index (χ1v) is 5.59. The van der Waals surface area contributed by atoms with Gasteiger partial charge in [0.05, 0.1) is 13.2 Å². The fourth-order valence-corrected chi connectivity index (χ4v) is 1.99. The van der Waals surface area contributed by atoms with E-state index in [2.05, 4.69) is 17.9 Å². The summed E-state index contributed by atoms with van der Waals surface area (Å²) >= 11 is 4.31. The van der Waals surface area contributed by atoms with E-state index in [1.54, 1.807) is 0 Å². The van der Waals surface area contributed by atoms with Crippen LogP contribution in [0, 0.1) is 0 Å². The minimum atomic E-state index is 0.412. The van der Waals surface area contributed by atoms with Gasteiger partial charge in [0.2, 0.25) is 0 Å². The maximum absolute atomic E-state index is 5.71. The Hall–Kier alpha value is -0.710. The summed E-state index contributed by atoms with van der Waals surface area (Å²) in [5, 5.41) is 3.42. The van der Waals surface area contributed by atoms with Gasteiger partial charge in [-0.05, 0) is 24.1 Å². The summed E-state index contributed by atoms with van der Waals surface area (Å²) in [5.41, 5.74) is 7.68. The lowest BCUT2D eigenvalue weighted by molar-refractivity contribution is 0.0770. The van der Waals surface area contributed by atoms with Gasteiger partial charge in [-0.15, -0.1) is 12.6 Å². The Morgan fingerprint density at radius 1 is 1.53 bits per heavy atom. The highest BCUT2D eigenvalue weighted by Gasteiger charge is 2.13. The summed E-state index contributed by atoms with van der Waals surface area (Å²) in [4.78, 5) is 0.851. The van der Waals surface area contributed by atoms with Crippen molar-refractivity contribution in [2.45, 2.75) is 17.4 Å². The summed E-state index contributed by atoms with van der Waals surface area (Å²) in [7, 11) is 0. The molecule has 1 heterocycles. The van der Waals surface area contributed by atoms with Gasteiger partial charge in [-0.2, -0.15) is 0 Å². The number of benzene rings is 1. The number of anilines is 1.